The predicted molar refractivity (Wildman–Crippen MR) is 80.9 cm³/mol. The van der Waals surface area contributed by atoms with Crippen LogP contribution < -0.4 is 5.30 Å². The molecule has 0 amide bonds. The van der Waals surface area contributed by atoms with Gasteiger partial charge in [0.2, 0.25) is 0 Å². The highest BCUT2D eigenvalue weighted by Gasteiger charge is 2.00. The molecule has 0 fully saturated rings. The van der Waals surface area contributed by atoms with Gasteiger partial charge in [-0.15, -0.1) is 23.2 Å². The van der Waals surface area contributed by atoms with Crippen LogP contribution >= 0.6 is 47.7 Å². The lowest BCUT2D eigenvalue weighted by molar-refractivity contribution is 0.696. The third-order valence-electron chi connectivity index (χ3n) is 2.29. The van der Waals surface area contributed by atoms with E-state index in [9.17, 15) is 0 Å². The van der Waals surface area contributed by atoms with Crippen molar-refractivity contribution in [3.63, 3.8) is 0 Å². The number of hydrogen-bond acceptors (Lipinski definition) is 0. The molecule has 1 atom stereocenters. The van der Waals surface area contributed by atoms with Crippen molar-refractivity contribution in [1.82, 2.24) is 0 Å². The number of alkyl halides is 2. The van der Waals surface area contributed by atoms with Crippen LogP contribution in [0.2, 0.25) is 0 Å². The van der Waals surface area contributed by atoms with Crippen molar-refractivity contribution in [2.24, 2.45) is 0 Å². The van der Waals surface area contributed by atoms with E-state index in [1.165, 1.54) is 28.8 Å². The van der Waals surface area contributed by atoms with Crippen LogP contribution in [0.1, 0.15) is 25.7 Å². The first-order valence-electron chi connectivity index (χ1n) is 5.46. The van der Waals surface area contributed by atoms with Gasteiger partial charge in [-0.2, -0.15) is 0 Å². The van der Waals surface area contributed by atoms with Crippen molar-refractivity contribution < 1.29 is 0 Å². The van der Waals surface area contributed by atoms with Crippen LogP contribution in [0.3, 0.4) is 0 Å². The Bertz CT molecular complexity index is 305. The molecule has 1 rings (SSSR count). The zero-order chi connectivity index (χ0) is 11.8. The first-order chi connectivity index (χ1) is 7.70. The van der Waals surface area contributed by atoms with Gasteiger partial charge in [0.15, 0.2) is 0 Å². The zero-order valence-corrected chi connectivity index (χ0v) is 13.2. The first kappa shape index (κ1) is 14.8. The van der Waals surface area contributed by atoms with Gasteiger partial charge in [0, 0.05) is 4.47 Å². The summed E-state index contributed by atoms with van der Waals surface area (Å²) in [5.74, 6) is 0. The Morgan fingerprint density at radius 3 is 2.56 bits per heavy atom. The molecule has 0 aliphatic heterocycles. The summed E-state index contributed by atoms with van der Waals surface area (Å²) in [4.78, 5) is -0.189. The largest absolute Gasteiger partial charge is 0.107 e. The fraction of sp³-hybridized carbons (Fsp3) is 0.500. The summed E-state index contributed by atoms with van der Waals surface area (Å²) < 4.78 is 1.23. The maximum atomic E-state index is 5.67. The summed E-state index contributed by atoms with van der Waals surface area (Å²) >= 11 is 14.9. The molecule has 1 aromatic rings. The second-order valence-electron chi connectivity index (χ2n) is 3.65. The van der Waals surface area contributed by atoms with Crippen LogP contribution in [0.5, 0.6) is 0 Å². The minimum absolute atomic E-state index is 0.189. The van der Waals surface area contributed by atoms with Crippen molar-refractivity contribution in [1.29, 1.82) is 0 Å². The van der Waals surface area contributed by atoms with Gasteiger partial charge >= 0.3 is 0 Å². The summed E-state index contributed by atoms with van der Waals surface area (Å²) in [5.41, 5.74) is 0. The molecule has 0 nitrogen and oxygen atoms in total. The number of unbranched alkanes of at least 4 members (excludes halogenated alkanes) is 2. The summed E-state index contributed by atoms with van der Waals surface area (Å²) in [7, 11) is 0.896. The molecule has 16 heavy (non-hydrogen) atoms. The van der Waals surface area contributed by atoms with Crippen LogP contribution in [-0.4, -0.2) is 11.0 Å². The van der Waals surface area contributed by atoms with Gasteiger partial charge in [0.25, 0.3) is 0 Å². The molecule has 0 saturated carbocycles. The van der Waals surface area contributed by atoms with Gasteiger partial charge in [-0.3, -0.25) is 0 Å². The Hall–Kier alpha value is 0.710. The molecule has 1 aromatic carbocycles. The van der Waals surface area contributed by atoms with E-state index in [2.05, 4.69) is 40.2 Å². The first-order valence-corrected chi connectivity index (χ1v) is 8.34. The molecule has 0 spiro atoms. The minimum atomic E-state index is -0.189. The Labute approximate surface area is 118 Å². The Kier molecular flexibility index (Phi) is 8.08. The molecule has 0 saturated heterocycles. The fourth-order valence-corrected chi connectivity index (χ4v) is 3.60. The molecule has 0 aromatic heterocycles. The van der Waals surface area contributed by atoms with Crippen LogP contribution in [0.4, 0.5) is 0 Å². The lowest BCUT2D eigenvalue weighted by Gasteiger charge is -2.04. The van der Waals surface area contributed by atoms with Gasteiger partial charge < -0.3 is 0 Å². The summed E-state index contributed by atoms with van der Waals surface area (Å²) in [6, 6.07) is 8.45. The van der Waals surface area contributed by atoms with Gasteiger partial charge in [-0.1, -0.05) is 55.6 Å². The van der Waals surface area contributed by atoms with Crippen molar-refractivity contribution in [2.75, 3.05) is 6.16 Å². The molecule has 1 unspecified atom stereocenters. The number of benzene rings is 1. The average Bonchev–Trinajstić information content (AvgIpc) is 2.25. The summed E-state index contributed by atoms with van der Waals surface area (Å²) in [5, 5.41) is 1.43. The van der Waals surface area contributed by atoms with Gasteiger partial charge in [0.05, 0.1) is 0 Å². The van der Waals surface area contributed by atoms with Crippen LogP contribution in [0.15, 0.2) is 28.7 Å². The zero-order valence-electron chi connectivity index (χ0n) is 9.06. The number of hydrogen-bond donors (Lipinski definition) is 0. The van der Waals surface area contributed by atoms with Gasteiger partial charge in [0.1, 0.15) is 4.84 Å². The van der Waals surface area contributed by atoms with Gasteiger partial charge in [-0.05, 0) is 30.4 Å². The van der Waals surface area contributed by atoms with Crippen LogP contribution in [0.25, 0.3) is 0 Å². The van der Waals surface area contributed by atoms with E-state index in [-0.39, 0.29) is 4.84 Å². The Balaban J connectivity index is 2.10. The highest BCUT2D eigenvalue weighted by Crippen LogP contribution is 2.20. The molecule has 0 radical (unpaired) electrons. The van der Waals surface area contributed by atoms with E-state index in [4.69, 9.17) is 23.2 Å². The monoisotopic (exact) mass is 340 g/mol. The molecule has 0 bridgehead atoms. The highest BCUT2D eigenvalue weighted by atomic mass is 79.9. The molecule has 90 valence electrons. The third kappa shape index (κ3) is 6.45. The number of halogens is 3. The van der Waals surface area contributed by atoms with E-state index in [0.717, 1.165) is 21.4 Å². The summed E-state index contributed by atoms with van der Waals surface area (Å²) in [6.07, 6.45) is 5.81. The van der Waals surface area contributed by atoms with E-state index in [0.29, 0.717) is 0 Å². The standard InChI is InChI=1S/C12H16BrCl2P/c13-10-6-3-4-7-11(10)16-9-5-1-2-8-12(14)15/h3-4,6-7,12,16H,1-2,5,8-9H2. The molecule has 0 heterocycles. The quantitative estimate of drug-likeness (QED) is 0.367. The van der Waals surface area contributed by atoms with Gasteiger partial charge in [-0.25, -0.2) is 0 Å². The molecule has 0 aliphatic carbocycles. The Morgan fingerprint density at radius 2 is 1.88 bits per heavy atom. The van der Waals surface area contributed by atoms with Crippen LogP contribution in [-0.2, 0) is 0 Å². The lowest BCUT2D eigenvalue weighted by Crippen LogP contribution is -1.97. The maximum Gasteiger partial charge on any atom is 0.107 e. The smallest absolute Gasteiger partial charge is 0.105 e. The van der Waals surface area contributed by atoms with Crippen molar-refractivity contribution in [3.05, 3.63) is 28.7 Å². The molecule has 4 heteroatoms. The highest BCUT2D eigenvalue weighted by molar-refractivity contribution is 9.10. The second-order valence-corrected chi connectivity index (χ2v) is 7.17. The Morgan fingerprint density at radius 1 is 1.12 bits per heavy atom. The number of rotatable bonds is 7. The molecule has 0 N–H and O–H groups in total. The van der Waals surface area contributed by atoms with Crippen molar-refractivity contribution in [3.8, 4) is 0 Å². The van der Waals surface area contributed by atoms with E-state index in [1.807, 2.05) is 0 Å². The van der Waals surface area contributed by atoms with Crippen molar-refractivity contribution in [2.45, 2.75) is 30.5 Å². The maximum absolute atomic E-state index is 5.67. The van der Waals surface area contributed by atoms with Crippen LogP contribution in [0, 0.1) is 0 Å². The lowest BCUT2D eigenvalue weighted by atomic mass is 10.2. The van der Waals surface area contributed by atoms with E-state index < -0.39 is 0 Å². The fourth-order valence-electron chi connectivity index (χ4n) is 1.43. The topological polar surface area (TPSA) is 0 Å². The van der Waals surface area contributed by atoms with E-state index in [1.54, 1.807) is 0 Å². The average molecular weight is 342 g/mol. The van der Waals surface area contributed by atoms with Crippen molar-refractivity contribution >= 4 is 53.0 Å². The molecular formula is C12H16BrCl2P. The molecule has 0 aliphatic rings. The summed E-state index contributed by atoms with van der Waals surface area (Å²) in [6.45, 7) is 0. The second kappa shape index (κ2) is 8.75. The minimum Gasteiger partial charge on any atom is -0.105 e. The third-order valence-corrected chi connectivity index (χ3v) is 5.20. The van der Waals surface area contributed by atoms with E-state index >= 15 is 0 Å². The normalized spacial score (nSPS) is 11.8. The SMILES string of the molecule is ClC(Cl)CCCCCPc1ccccc1Br. The predicted octanol–water partition coefficient (Wildman–Crippen LogP) is 5.12. The molecular weight excluding hydrogens is 326 g/mol.